The van der Waals surface area contributed by atoms with Gasteiger partial charge in [0.15, 0.2) is 0 Å². The van der Waals surface area contributed by atoms with Crippen LogP contribution >= 0.6 is 0 Å². The smallest absolute Gasteiger partial charge is 0.129 e. The number of aromatic hydroxyl groups is 1. The first kappa shape index (κ1) is 19.4. The number of methoxy groups -OCH3 is 3. The molecule has 0 atom stereocenters. The number of rotatable bonds is 7. The van der Waals surface area contributed by atoms with Crippen LogP contribution in [-0.2, 0) is 6.42 Å². The molecule has 0 spiro atoms. The number of hydrogen-bond acceptors (Lipinski definition) is 4. The molecule has 1 N–H and O–H groups in total. The lowest BCUT2D eigenvalue weighted by Gasteiger charge is -2.12. The summed E-state index contributed by atoms with van der Waals surface area (Å²) in [5, 5.41) is 10.4. The van der Waals surface area contributed by atoms with Gasteiger partial charge in [-0.15, -0.1) is 0 Å². The molecular weight excluding hydrogens is 328 g/mol. The summed E-state index contributed by atoms with van der Waals surface area (Å²) in [5.74, 6) is 2.32. The SMILES string of the molecule is COc1cccc(OC)c1/C=C/c1cc(O)c(CC=C(C)C)c(OC)c1. The highest BCUT2D eigenvalue weighted by molar-refractivity contribution is 5.77. The van der Waals surface area contributed by atoms with Gasteiger partial charge in [0.05, 0.1) is 26.9 Å². The van der Waals surface area contributed by atoms with Crippen molar-refractivity contribution in [1.82, 2.24) is 0 Å². The van der Waals surface area contributed by atoms with Gasteiger partial charge in [-0.25, -0.2) is 0 Å². The molecule has 0 aliphatic carbocycles. The summed E-state index contributed by atoms with van der Waals surface area (Å²) >= 11 is 0. The Bertz CT molecular complexity index is 793. The molecule has 0 aromatic heterocycles. The highest BCUT2D eigenvalue weighted by Gasteiger charge is 2.10. The number of hydrogen-bond donors (Lipinski definition) is 1. The van der Waals surface area contributed by atoms with Crippen LogP contribution in [0.5, 0.6) is 23.0 Å². The van der Waals surface area contributed by atoms with Gasteiger partial charge in [-0.1, -0.05) is 23.8 Å². The molecule has 0 bridgehead atoms. The van der Waals surface area contributed by atoms with Gasteiger partial charge >= 0.3 is 0 Å². The molecule has 138 valence electrons. The summed E-state index contributed by atoms with van der Waals surface area (Å²) in [6.45, 7) is 4.06. The summed E-state index contributed by atoms with van der Waals surface area (Å²) in [5.41, 5.74) is 3.64. The Balaban J connectivity index is 2.41. The molecule has 0 unspecified atom stereocenters. The Morgan fingerprint density at radius 2 is 1.54 bits per heavy atom. The average Bonchev–Trinajstić information content (AvgIpc) is 2.64. The summed E-state index contributed by atoms with van der Waals surface area (Å²) in [6.07, 6.45) is 6.49. The van der Waals surface area contributed by atoms with Gasteiger partial charge in [0.2, 0.25) is 0 Å². The van der Waals surface area contributed by atoms with Crippen molar-refractivity contribution >= 4 is 12.2 Å². The highest BCUT2D eigenvalue weighted by Crippen LogP contribution is 2.33. The molecule has 2 aromatic carbocycles. The quantitative estimate of drug-likeness (QED) is 0.555. The molecule has 0 saturated carbocycles. The van der Waals surface area contributed by atoms with Crippen molar-refractivity contribution < 1.29 is 19.3 Å². The maximum atomic E-state index is 10.4. The molecule has 2 rings (SSSR count). The lowest BCUT2D eigenvalue weighted by atomic mass is 10.0. The molecule has 4 heteroatoms. The van der Waals surface area contributed by atoms with E-state index in [9.17, 15) is 5.11 Å². The van der Waals surface area contributed by atoms with Crippen LogP contribution in [0.4, 0.5) is 0 Å². The third-order valence-corrected chi connectivity index (χ3v) is 4.05. The number of ether oxygens (including phenoxy) is 3. The Morgan fingerprint density at radius 1 is 0.923 bits per heavy atom. The van der Waals surface area contributed by atoms with E-state index in [1.165, 1.54) is 5.57 Å². The van der Waals surface area contributed by atoms with E-state index in [2.05, 4.69) is 6.08 Å². The molecule has 0 aliphatic heterocycles. The van der Waals surface area contributed by atoms with Crippen molar-refractivity contribution in [2.75, 3.05) is 21.3 Å². The van der Waals surface area contributed by atoms with Gasteiger partial charge in [0.1, 0.15) is 23.0 Å². The van der Waals surface area contributed by atoms with E-state index in [-0.39, 0.29) is 5.75 Å². The zero-order chi connectivity index (χ0) is 19.1. The van der Waals surface area contributed by atoms with Crippen LogP contribution in [0.1, 0.15) is 30.5 Å². The molecule has 0 saturated heterocycles. The van der Waals surface area contributed by atoms with E-state index in [4.69, 9.17) is 14.2 Å². The van der Waals surface area contributed by atoms with Crippen LogP contribution < -0.4 is 14.2 Å². The number of allylic oxidation sites excluding steroid dienone is 2. The molecule has 0 amide bonds. The van der Waals surface area contributed by atoms with Crippen LogP contribution in [-0.4, -0.2) is 26.4 Å². The molecule has 0 heterocycles. The maximum absolute atomic E-state index is 10.4. The maximum Gasteiger partial charge on any atom is 0.129 e. The minimum atomic E-state index is 0.216. The van der Waals surface area contributed by atoms with Crippen LogP contribution in [0.25, 0.3) is 12.2 Å². The minimum Gasteiger partial charge on any atom is -0.507 e. The van der Waals surface area contributed by atoms with Crippen molar-refractivity contribution in [2.45, 2.75) is 20.3 Å². The molecule has 26 heavy (non-hydrogen) atoms. The fourth-order valence-corrected chi connectivity index (χ4v) is 2.66. The van der Waals surface area contributed by atoms with Gasteiger partial charge in [-0.05, 0) is 56.2 Å². The van der Waals surface area contributed by atoms with Gasteiger partial charge < -0.3 is 19.3 Å². The third-order valence-electron chi connectivity index (χ3n) is 4.05. The second kappa shape index (κ2) is 8.99. The second-order valence-electron chi connectivity index (χ2n) is 6.12. The van der Waals surface area contributed by atoms with Crippen molar-refractivity contribution in [3.63, 3.8) is 0 Å². The van der Waals surface area contributed by atoms with E-state index in [1.807, 2.05) is 50.3 Å². The first-order valence-corrected chi connectivity index (χ1v) is 8.42. The minimum absolute atomic E-state index is 0.216. The van der Waals surface area contributed by atoms with Crippen LogP contribution in [0.2, 0.25) is 0 Å². The van der Waals surface area contributed by atoms with Gasteiger partial charge in [0.25, 0.3) is 0 Å². The molecule has 0 fully saturated rings. The van der Waals surface area contributed by atoms with Crippen LogP contribution in [0.15, 0.2) is 42.0 Å². The highest BCUT2D eigenvalue weighted by atomic mass is 16.5. The number of benzene rings is 2. The van der Waals surface area contributed by atoms with Crippen molar-refractivity contribution in [1.29, 1.82) is 0 Å². The zero-order valence-electron chi connectivity index (χ0n) is 16.0. The predicted octanol–water partition coefficient (Wildman–Crippen LogP) is 5.10. The van der Waals surface area contributed by atoms with E-state index in [0.29, 0.717) is 12.2 Å². The molecular formula is C22H26O4. The summed E-state index contributed by atoms with van der Waals surface area (Å²) < 4.78 is 16.3. The number of phenolic OH excluding ortho intramolecular Hbond substituents is 1. The third kappa shape index (κ3) is 4.60. The lowest BCUT2D eigenvalue weighted by molar-refractivity contribution is 0.392. The van der Waals surface area contributed by atoms with E-state index < -0.39 is 0 Å². The van der Waals surface area contributed by atoms with Crippen LogP contribution in [0.3, 0.4) is 0 Å². The molecule has 0 radical (unpaired) electrons. The van der Waals surface area contributed by atoms with E-state index in [0.717, 1.165) is 28.2 Å². The first-order valence-electron chi connectivity index (χ1n) is 8.42. The zero-order valence-corrected chi connectivity index (χ0v) is 16.0. The standard InChI is InChI=1S/C22H26O4/c1-15(2)9-11-17-19(23)13-16(14-22(17)26-5)10-12-18-20(24-3)7-6-8-21(18)25-4/h6-10,12-14,23H,11H2,1-5H3/b12-10+. The van der Waals surface area contributed by atoms with Gasteiger partial charge in [-0.3, -0.25) is 0 Å². The second-order valence-corrected chi connectivity index (χ2v) is 6.12. The Morgan fingerprint density at radius 3 is 2.08 bits per heavy atom. The Labute approximate surface area is 155 Å². The molecule has 0 aliphatic rings. The molecule has 4 nitrogen and oxygen atoms in total. The lowest BCUT2D eigenvalue weighted by Crippen LogP contribution is -1.94. The molecule has 2 aromatic rings. The topological polar surface area (TPSA) is 47.9 Å². The summed E-state index contributed by atoms with van der Waals surface area (Å²) in [6, 6.07) is 9.27. The first-order chi connectivity index (χ1) is 12.5. The normalized spacial score (nSPS) is 10.7. The van der Waals surface area contributed by atoms with Crippen molar-refractivity contribution in [3.05, 3.63) is 58.7 Å². The van der Waals surface area contributed by atoms with Gasteiger partial charge in [-0.2, -0.15) is 0 Å². The number of phenols is 1. The van der Waals surface area contributed by atoms with Crippen molar-refractivity contribution in [2.24, 2.45) is 0 Å². The van der Waals surface area contributed by atoms with Gasteiger partial charge in [0, 0.05) is 5.56 Å². The average molecular weight is 354 g/mol. The van der Waals surface area contributed by atoms with E-state index >= 15 is 0 Å². The Kier molecular flexibility index (Phi) is 6.73. The summed E-state index contributed by atoms with van der Waals surface area (Å²) in [4.78, 5) is 0. The monoisotopic (exact) mass is 354 g/mol. The predicted molar refractivity (Wildman–Crippen MR) is 106 cm³/mol. The largest absolute Gasteiger partial charge is 0.507 e. The fraction of sp³-hybridized carbons (Fsp3) is 0.273. The van der Waals surface area contributed by atoms with Crippen LogP contribution in [0, 0.1) is 0 Å². The van der Waals surface area contributed by atoms with Crippen molar-refractivity contribution in [3.8, 4) is 23.0 Å². The Hall–Kier alpha value is -2.88. The van der Waals surface area contributed by atoms with E-state index in [1.54, 1.807) is 27.4 Å². The summed E-state index contributed by atoms with van der Waals surface area (Å²) in [7, 11) is 4.86. The fourth-order valence-electron chi connectivity index (χ4n) is 2.66.